The van der Waals surface area contributed by atoms with Gasteiger partial charge in [-0.2, -0.15) is 0 Å². The molecular weight excluding hydrogens is 355 g/mol. The molecule has 3 aromatic rings. The lowest BCUT2D eigenvalue weighted by atomic mass is 10.2. The van der Waals surface area contributed by atoms with Crippen LogP contribution in [-0.2, 0) is 4.74 Å². The Morgan fingerprint density at radius 1 is 1.00 bits per heavy atom. The van der Waals surface area contributed by atoms with Crippen molar-refractivity contribution < 1.29 is 14.3 Å². The van der Waals surface area contributed by atoms with Crippen LogP contribution in [0.2, 0.25) is 10.0 Å². The van der Waals surface area contributed by atoms with Crippen LogP contribution >= 0.6 is 34.5 Å². The van der Waals surface area contributed by atoms with E-state index >= 15 is 0 Å². The van der Waals surface area contributed by atoms with Gasteiger partial charge in [-0.05, 0) is 29.7 Å². The third kappa shape index (κ3) is 3.78. The van der Waals surface area contributed by atoms with Gasteiger partial charge in [0.2, 0.25) is 0 Å². The maximum atomic E-state index is 12.0. The van der Waals surface area contributed by atoms with E-state index in [9.17, 15) is 4.79 Å². The van der Waals surface area contributed by atoms with Gasteiger partial charge in [0, 0.05) is 4.70 Å². The van der Waals surface area contributed by atoms with Crippen molar-refractivity contribution in [2.45, 2.75) is 0 Å². The van der Waals surface area contributed by atoms with E-state index < -0.39 is 0 Å². The first-order chi connectivity index (χ1) is 11.1. The van der Waals surface area contributed by atoms with Crippen molar-refractivity contribution >= 4 is 50.6 Å². The van der Waals surface area contributed by atoms with Gasteiger partial charge in [0.1, 0.15) is 18.1 Å². The fourth-order valence-electron chi connectivity index (χ4n) is 2.05. The SMILES string of the molecule is O=C(OCCOc1c(Cl)cccc1Cl)c1cc2ccccc2s1. The fourth-order valence-corrected chi connectivity index (χ4v) is 3.52. The van der Waals surface area contributed by atoms with E-state index in [4.69, 9.17) is 32.7 Å². The molecule has 0 amide bonds. The first-order valence-electron chi connectivity index (χ1n) is 6.87. The fraction of sp³-hybridized carbons (Fsp3) is 0.118. The standard InChI is InChI=1S/C17H12Cl2O3S/c18-12-5-3-6-13(19)16(12)21-8-9-22-17(20)15-10-11-4-1-2-7-14(11)23-15/h1-7,10H,8-9H2. The molecule has 0 spiro atoms. The minimum absolute atomic E-state index is 0.120. The summed E-state index contributed by atoms with van der Waals surface area (Å²) in [4.78, 5) is 12.6. The van der Waals surface area contributed by atoms with Crippen LogP contribution < -0.4 is 4.74 Å². The van der Waals surface area contributed by atoms with Crippen molar-refractivity contribution in [1.82, 2.24) is 0 Å². The summed E-state index contributed by atoms with van der Waals surface area (Å²) in [5.74, 6) is 0.0359. The molecule has 0 aliphatic carbocycles. The van der Waals surface area contributed by atoms with Crippen molar-refractivity contribution in [3.63, 3.8) is 0 Å². The highest BCUT2D eigenvalue weighted by molar-refractivity contribution is 7.20. The molecule has 0 radical (unpaired) electrons. The van der Waals surface area contributed by atoms with Crippen LogP contribution in [0.5, 0.6) is 5.75 Å². The molecule has 0 saturated carbocycles. The van der Waals surface area contributed by atoms with E-state index in [0.717, 1.165) is 10.1 Å². The smallest absolute Gasteiger partial charge is 0.348 e. The molecule has 0 saturated heterocycles. The van der Waals surface area contributed by atoms with Gasteiger partial charge in [-0.15, -0.1) is 11.3 Å². The number of benzene rings is 2. The molecule has 0 unspecified atom stereocenters. The zero-order valence-electron chi connectivity index (χ0n) is 11.9. The molecular formula is C17H12Cl2O3S. The normalized spacial score (nSPS) is 10.7. The van der Waals surface area contributed by atoms with E-state index in [1.54, 1.807) is 18.2 Å². The average Bonchev–Trinajstić information content (AvgIpc) is 2.97. The molecule has 0 N–H and O–H groups in total. The minimum atomic E-state index is -0.361. The zero-order valence-corrected chi connectivity index (χ0v) is 14.3. The first kappa shape index (κ1) is 16.1. The van der Waals surface area contributed by atoms with Gasteiger partial charge in [-0.3, -0.25) is 0 Å². The number of thiophene rings is 1. The lowest BCUT2D eigenvalue weighted by Gasteiger charge is -2.09. The molecule has 6 heteroatoms. The predicted octanol–water partition coefficient (Wildman–Crippen LogP) is 5.44. The second-order valence-electron chi connectivity index (χ2n) is 4.68. The Hall–Kier alpha value is -1.75. The molecule has 1 aromatic heterocycles. The molecule has 23 heavy (non-hydrogen) atoms. The third-order valence-electron chi connectivity index (χ3n) is 3.11. The summed E-state index contributed by atoms with van der Waals surface area (Å²) in [6.45, 7) is 0.300. The molecule has 3 rings (SSSR count). The van der Waals surface area contributed by atoms with E-state index in [2.05, 4.69) is 0 Å². The number of hydrogen-bond acceptors (Lipinski definition) is 4. The lowest BCUT2D eigenvalue weighted by molar-refractivity contribution is 0.0456. The second kappa shape index (κ2) is 7.21. The number of esters is 1. The molecule has 0 aliphatic rings. The molecule has 0 bridgehead atoms. The van der Waals surface area contributed by atoms with Crippen molar-refractivity contribution in [1.29, 1.82) is 0 Å². The summed E-state index contributed by atoms with van der Waals surface area (Å²) in [6.07, 6.45) is 0. The van der Waals surface area contributed by atoms with E-state index in [1.807, 2.05) is 30.3 Å². The second-order valence-corrected chi connectivity index (χ2v) is 6.58. The Morgan fingerprint density at radius 3 is 2.48 bits per heavy atom. The van der Waals surface area contributed by atoms with Crippen molar-refractivity contribution in [3.8, 4) is 5.75 Å². The summed E-state index contributed by atoms with van der Waals surface area (Å²) in [5, 5.41) is 1.88. The summed E-state index contributed by atoms with van der Waals surface area (Å²) in [7, 11) is 0. The number of hydrogen-bond donors (Lipinski definition) is 0. The molecule has 0 atom stereocenters. The molecule has 0 aliphatic heterocycles. The van der Waals surface area contributed by atoms with Gasteiger partial charge in [0.25, 0.3) is 0 Å². The maximum Gasteiger partial charge on any atom is 0.348 e. The Bertz CT molecular complexity index is 791. The highest BCUT2D eigenvalue weighted by atomic mass is 35.5. The monoisotopic (exact) mass is 366 g/mol. The number of rotatable bonds is 5. The summed E-state index contributed by atoms with van der Waals surface area (Å²) in [6, 6.07) is 14.7. The highest BCUT2D eigenvalue weighted by Crippen LogP contribution is 2.32. The van der Waals surface area contributed by atoms with E-state index in [1.165, 1.54) is 11.3 Å². The first-order valence-corrected chi connectivity index (χ1v) is 8.45. The Kier molecular flexibility index (Phi) is 5.06. The number of fused-ring (bicyclic) bond motifs is 1. The Balaban J connectivity index is 1.55. The zero-order chi connectivity index (χ0) is 16.2. The number of para-hydroxylation sites is 1. The van der Waals surface area contributed by atoms with Gasteiger partial charge in [-0.1, -0.05) is 47.5 Å². The Labute approximate surface area is 147 Å². The molecule has 118 valence electrons. The minimum Gasteiger partial charge on any atom is -0.487 e. The molecule has 2 aromatic carbocycles. The van der Waals surface area contributed by atoms with Crippen LogP contribution in [0.4, 0.5) is 0 Å². The van der Waals surface area contributed by atoms with E-state index in [-0.39, 0.29) is 19.2 Å². The van der Waals surface area contributed by atoms with Gasteiger partial charge >= 0.3 is 5.97 Å². The van der Waals surface area contributed by atoms with Crippen molar-refractivity contribution in [3.05, 3.63) is 63.5 Å². The number of carbonyl (C=O) groups is 1. The molecule has 1 heterocycles. The lowest BCUT2D eigenvalue weighted by Crippen LogP contribution is -2.11. The Morgan fingerprint density at radius 2 is 1.74 bits per heavy atom. The van der Waals surface area contributed by atoms with Crippen LogP contribution in [0.1, 0.15) is 9.67 Å². The van der Waals surface area contributed by atoms with Crippen LogP contribution in [0.25, 0.3) is 10.1 Å². The van der Waals surface area contributed by atoms with Crippen LogP contribution in [0, 0.1) is 0 Å². The highest BCUT2D eigenvalue weighted by Gasteiger charge is 2.12. The van der Waals surface area contributed by atoms with Crippen molar-refractivity contribution in [2.75, 3.05) is 13.2 Å². The summed E-state index contributed by atoms with van der Waals surface area (Å²) >= 11 is 13.4. The van der Waals surface area contributed by atoms with Crippen LogP contribution in [0.3, 0.4) is 0 Å². The van der Waals surface area contributed by atoms with Crippen molar-refractivity contribution in [2.24, 2.45) is 0 Å². The van der Waals surface area contributed by atoms with Crippen LogP contribution in [-0.4, -0.2) is 19.2 Å². The third-order valence-corrected chi connectivity index (χ3v) is 4.80. The topological polar surface area (TPSA) is 35.5 Å². The summed E-state index contributed by atoms with van der Waals surface area (Å²) in [5.41, 5.74) is 0. The van der Waals surface area contributed by atoms with Gasteiger partial charge in [0.15, 0.2) is 5.75 Å². The number of halogens is 2. The number of ether oxygens (including phenoxy) is 2. The van der Waals surface area contributed by atoms with Crippen LogP contribution in [0.15, 0.2) is 48.5 Å². The van der Waals surface area contributed by atoms with Gasteiger partial charge in [-0.25, -0.2) is 4.79 Å². The maximum absolute atomic E-state index is 12.0. The van der Waals surface area contributed by atoms with E-state index in [0.29, 0.717) is 20.7 Å². The van der Waals surface area contributed by atoms with Gasteiger partial charge in [0.05, 0.1) is 10.0 Å². The largest absolute Gasteiger partial charge is 0.487 e. The molecule has 3 nitrogen and oxygen atoms in total. The van der Waals surface area contributed by atoms with Gasteiger partial charge < -0.3 is 9.47 Å². The average molecular weight is 367 g/mol. The predicted molar refractivity (Wildman–Crippen MR) is 94.1 cm³/mol. The number of carbonyl (C=O) groups excluding carboxylic acids is 1. The quantitative estimate of drug-likeness (QED) is 0.445. The summed E-state index contributed by atoms with van der Waals surface area (Å²) < 4.78 is 11.7. The molecule has 0 fully saturated rings.